The second-order valence-corrected chi connectivity index (χ2v) is 8.03. The second-order valence-electron chi connectivity index (χ2n) is 8.03. The Balaban J connectivity index is 1.41. The lowest BCUT2D eigenvalue weighted by molar-refractivity contribution is 0.0216. The first-order chi connectivity index (χ1) is 16.0. The van der Waals surface area contributed by atoms with E-state index in [4.69, 9.17) is 14.2 Å². The van der Waals surface area contributed by atoms with Gasteiger partial charge in [-0.15, -0.1) is 0 Å². The number of hydrogen-bond acceptors (Lipinski definition) is 7. The van der Waals surface area contributed by atoms with Crippen LogP contribution in [-0.4, -0.2) is 55.1 Å². The molecular weight excluding hydrogens is 434 g/mol. The minimum Gasteiger partial charge on any atom is -0.456 e. The number of allylic oxidation sites excluding steroid dienone is 1. The van der Waals surface area contributed by atoms with Crippen molar-refractivity contribution in [3.05, 3.63) is 59.6 Å². The molecule has 2 fully saturated rings. The Hall–Kier alpha value is -2.82. The highest BCUT2D eigenvalue weighted by molar-refractivity contribution is 6.11. The summed E-state index contributed by atoms with van der Waals surface area (Å²) in [6, 6.07) is 3.98. The van der Waals surface area contributed by atoms with Crippen LogP contribution in [-0.2, 0) is 20.8 Å². The van der Waals surface area contributed by atoms with Gasteiger partial charge in [-0.2, -0.15) is 4.99 Å². The van der Waals surface area contributed by atoms with Gasteiger partial charge < -0.3 is 30.0 Å². The van der Waals surface area contributed by atoms with E-state index in [1.807, 2.05) is 6.92 Å². The molecular formula is C23H28F2N4O4. The van der Waals surface area contributed by atoms with Crippen LogP contribution in [0.25, 0.3) is 0 Å². The fraction of sp³-hybridized carbons (Fsp3) is 0.478. The summed E-state index contributed by atoms with van der Waals surface area (Å²) in [7, 11) is 0. The van der Waals surface area contributed by atoms with Gasteiger partial charge in [0.2, 0.25) is 0 Å². The Labute approximate surface area is 191 Å². The van der Waals surface area contributed by atoms with Gasteiger partial charge in [0.25, 0.3) is 6.02 Å². The number of aliphatic hydroxyl groups is 1. The standard InChI is InChI=1S/C23H28F2N4O4/c1-3-5-19(26-10-15-16(24)6-4-7-17(15)25)28-22-13(2)27-23(29-22)33-18-12-32-20-14(8-9-30)11-31-21(18)20/h4-7,14,18,20-21,26,30H,2-3,8-12H2,1H3,(H,27,28,29)/b19-5+/t14?,18-,20-,21-/m1/s1. The summed E-state index contributed by atoms with van der Waals surface area (Å²) >= 11 is 0. The van der Waals surface area contributed by atoms with E-state index in [1.165, 1.54) is 18.2 Å². The van der Waals surface area contributed by atoms with Crippen LogP contribution in [0.5, 0.6) is 0 Å². The molecule has 4 atom stereocenters. The first-order valence-electron chi connectivity index (χ1n) is 11.0. The molecule has 4 rings (SSSR count). The average Bonchev–Trinajstić information content (AvgIpc) is 3.46. The molecule has 1 unspecified atom stereocenters. The van der Waals surface area contributed by atoms with Crippen molar-refractivity contribution < 1.29 is 28.1 Å². The van der Waals surface area contributed by atoms with Crippen LogP contribution in [0, 0.1) is 17.6 Å². The van der Waals surface area contributed by atoms with Gasteiger partial charge in [-0.1, -0.05) is 19.6 Å². The van der Waals surface area contributed by atoms with Crippen LogP contribution in [0.1, 0.15) is 25.3 Å². The summed E-state index contributed by atoms with van der Waals surface area (Å²) in [4.78, 5) is 8.82. The first-order valence-corrected chi connectivity index (χ1v) is 11.0. The SMILES string of the molecule is C=C1NC(O[C@@H]2CO[C@@H]3C(CCO)CO[C@@H]32)=N/C1=N/C(=C/CC)NCc1c(F)cccc1F. The van der Waals surface area contributed by atoms with Crippen molar-refractivity contribution in [1.29, 1.82) is 0 Å². The van der Waals surface area contributed by atoms with Gasteiger partial charge in [0.15, 0.2) is 11.9 Å². The number of nitrogens with zero attached hydrogens (tertiary/aromatic N) is 2. The quantitative estimate of drug-likeness (QED) is 0.549. The fourth-order valence-electron chi connectivity index (χ4n) is 4.07. The van der Waals surface area contributed by atoms with Crippen molar-refractivity contribution in [3.63, 3.8) is 0 Å². The highest BCUT2D eigenvalue weighted by Gasteiger charge is 2.49. The highest BCUT2D eigenvalue weighted by atomic mass is 19.1. The zero-order valence-electron chi connectivity index (χ0n) is 18.4. The topological polar surface area (TPSA) is 96.7 Å². The van der Waals surface area contributed by atoms with E-state index >= 15 is 0 Å². The van der Waals surface area contributed by atoms with Crippen molar-refractivity contribution in [2.24, 2.45) is 15.9 Å². The predicted octanol–water partition coefficient (Wildman–Crippen LogP) is 2.36. The molecule has 0 saturated carbocycles. The zero-order chi connectivity index (χ0) is 23.4. The third-order valence-corrected chi connectivity index (χ3v) is 5.74. The number of amidine groups is 2. The molecule has 8 nitrogen and oxygen atoms in total. The van der Waals surface area contributed by atoms with Crippen molar-refractivity contribution in [2.75, 3.05) is 19.8 Å². The van der Waals surface area contributed by atoms with E-state index in [0.29, 0.717) is 43.4 Å². The Bertz CT molecular complexity index is 961. The number of fused-ring (bicyclic) bond motifs is 1. The number of nitrogens with one attached hydrogen (secondary N) is 2. The second kappa shape index (κ2) is 10.4. The molecule has 0 radical (unpaired) electrons. The first kappa shape index (κ1) is 23.3. The summed E-state index contributed by atoms with van der Waals surface area (Å²) in [6.07, 6.45) is 2.38. The third-order valence-electron chi connectivity index (χ3n) is 5.74. The molecule has 0 amide bonds. The summed E-state index contributed by atoms with van der Waals surface area (Å²) in [5.41, 5.74) is 0.370. The molecule has 178 valence electrons. The Morgan fingerprint density at radius 2 is 2.09 bits per heavy atom. The molecule has 0 aliphatic carbocycles. The van der Waals surface area contributed by atoms with Crippen LogP contribution in [0.3, 0.4) is 0 Å². The minimum atomic E-state index is -0.626. The lowest BCUT2D eigenvalue weighted by atomic mass is 9.98. The molecule has 3 aliphatic heterocycles. The summed E-state index contributed by atoms with van der Waals surface area (Å²) < 4.78 is 45.5. The monoisotopic (exact) mass is 462 g/mol. The normalized spacial score (nSPS) is 28.1. The number of ether oxygens (including phenoxy) is 3. The van der Waals surface area contributed by atoms with Crippen molar-refractivity contribution >= 4 is 11.9 Å². The maximum absolute atomic E-state index is 13.9. The molecule has 2 saturated heterocycles. The van der Waals surface area contributed by atoms with Crippen LogP contribution in [0.15, 0.2) is 52.4 Å². The van der Waals surface area contributed by atoms with Crippen LogP contribution in [0.2, 0.25) is 0 Å². The molecule has 3 N–H and O–H groups in total. The van der Waals surface area contributed by atoms with E-state index < -0.39 is 11.6 Å². The van der Waals surface area contributed by atoms with E-state index in [0.717, 1.165) is 0 Å². The maximum Gasteiger partial charge on any atom is 0.296 e. The molecule has 0 aromatic heterocycles. The van der Waals surface area contributed by atoms with E-state index in [1.54, 1.807) is 6.08 Å². The van der Waals surface area contributed by atoms with E-state index in [-0.39, 0.29) is 49.0 Å². The van der Waals surface area contributed by atoms with Gasteiger partial charge >= 0.3 is 0 Å². The van der Waals surface area contributed by atoms with Crippen molar-refractivity contribution in [2.45, 2.75) is 44.6 Å². The number of hydrogen-bond donors (Lipinski definition) is 3. The summed E-state index contributed by atoms with van der Waals surface area (Å²) in [5, 5.41) is 15.1. The van der Waals surface area contributed by atoms with Crippen LogP contribution in [0.4, 0.5) is 8.78 Å². The largest absolute Gasteiger partial charge is 0.456 e. The maximum atomic E-state index is 13.9. The molecule has 0 bridgehead atoms. The van der Waals surface area contributed by atoms with Gasteiger partial charge in [-0.3, -0.25) is 0 Å². The molecule has 1 aromatic carbocycles. The summed E-state index contributed by atoms with van der Waals surface area (Å²) in [6.45, 7) is 6.74. The number of aliphatic imine (C=N–C) groups is 2. The van der Waals surface area contributed by atoms with Crippen molar-refractivity contribution in [1.82, 2.24) is 10.6 Å². The number of halogens is 2. The Kier molecular flexibility index (Phi) is 7.36. The number of benzene rings is 1. The van der Waals surface area contributed by atoms with Crippen molar-refractivity contribution in [3.8, 4) is 0 Å². The smallest absolute Gasteiger partial charge is 0.296 e. The van der Waals surface area contributed by atoms with Gasteiger partial charge in [-0.25, -0.2) is 13.8 Å². The van der Waals surface area contributed by atoms with Crippen LogP contribution >= 0.6 is 0 Å². The molecule has 33 heavy (non-hydrogen) atoms. The van der Waals surface area contributed by atoms with Gasteiger partial charge in [0.05, 0.1) is 25.0 Å². The minimum absolute atomic E-state index is 0.0665. The Morgan fingerprint density at radius 1 is 1.33 bits per heavy atom. The summed E-state index contributed by atoms with van der Waals surface area (Å²) in [5.74, 6) is -0.394. The lowest BCUT2D eigenvalue weighted by Crippen LogP contribution is -2.35. The number of rotatable bonds is 8. The molecule has 3 aliphatic rings. The molecule has 3 heterocycles. The predicted molar refractivity (Wildman–Crippen MR) is 118 cm³/mol. The lowest BCUT2D eigenvalue weighted by Gasteiger charge is -2.17. The van der Waals surface area contributed by atoms with Crippen LogP contribution < -0.4 is 10.6 Å². The average molecular weight is 462 g/mol. The fourth-order valence-corrected chi connectivity index (χ4v) is 4.07. The van der Waals surface area contributed by atoms with Gasteiger partial charge in [0, 0.05) is 24.6 Å². The third kappa shape index (κ3) is 5.23. The van der Waals surface area contributed by atoms with Gasteiger partial charge in [-0.05, 0) is 31.1 Å². The molecule has 10 heteroatoms. The van der Waals surface area contributed by atoms with E-state index in [2.05, 4.69) is 27.2 Å². The molecule has 1 aromatic rings. The zero-order valence-corrected chi connectivity index (χ0v) is 18.4. The molecule has 0 spiro atoms. The van der Waals surface area contributed by atoms with Gasteiger partial charge in [0.1, 0.15) is 23.6 Å². The number of aliphatic hydroxyl groups excluding tert-OH is 1. The highest BCUT2D eigenvalue weighted by Crippen LogP contribution is 2.34. The van der Waals surface area contributed by atoms with E-state index in [9.17, 15) is 13.9 Å². The Morgan fingerprint density at radius 3 is 2.82 bits per heavy atom.